The van der Waals surface area contributed by atoms with Gasteiger partial charge in [0, 0.05) is 32.2 Å². The highest BCUT2D eigenvalue weighted by Crippen LogP contribution is 2.50. The molecule has 2 aliphatic rings. The van der Waals surface area contributed by atoms with E-state index >= 15 is 0 Å². The van der Waals surface area contributed by atoms with Crippen molar-refractivity contribution >= 4 is 5.91 Å². The summed E-state index contributed by atoms with van der Waals surface area (Å²) in [5.41, 5.74) is 2.73. The second kappa shape index (κ2) is 8.61. The first-order valence-electron chi connectivity index (χ1n) is 11.9. The molecule has 2 aromatic carbocycles. The second-order valence-corrected chi connectivity index (χ2v) is 9.19. The summed E-state index contributed by atoms with van der Waals surface area (Å²) in [5.74, 6) is 1.36. The van der Waals surface area contributed by atoms with E-state index in [-0.39, 0.29) is 11.9 Å². The van der Waals surface area contributed by atoms with Crippen LogP contribution in [0.2, 0.25) is 0 Å². The Bertz CT molecular complexity index is 1200. The van der Waals surface area contributed by atoms with Crippen molar-refractivity contribution < 1.29 is 13.7 Å². The van der Waals surface area contributed by atoms with Gasteiger partial charge in [-0.15, -0.1) is 0 Å². The summed E-state index contributed by atoms with van der Waals surface area (Å²) >= 11 is 0. The van der Waals surface area contributed by atoms with Crippen LogP contribution in [0, 0.1) is 0 Å². The molecule has 0 unspecified atom stereocenters. The van der Waals surface area contributed by atoms with E-state index in [1.54, 1.807) is 6.26 Å². The Labute approximate surface area is 198 Å². The predicted molar refractivity (Wildman–Crippen MR) is 128 cm³/mol. The second-order valence-electron chi connectivity index (χ2n) is 9.19. The van der Waals surface area contributed by atoms with Crippen LogP contribution < -0.4 is 0 Å². The molecule has 2 fully saturated rings. The van der Waals surface area contributed by atoms with Gasteiger partial charge in [0.1, 0.15) is 0 Å². The molecule has 0 N–H and O–H groups in total. The Morgan fingerprint density at radius 3 is 2.03 bits per heavy atom. The van der Waals surface area contributed by atoms with Crippen molar-refractivity contribution in [3.8, 4) is 11.5 Å². The smallest absolute Gasteiger partial charge is 0.235 e. The molecule has 3 heterocycles. The van der Waals surface area contributed by atoms with Gasteiger partial charge in [0.15, 0.2) is 5.76 Å². The van der Waals surface area contributed by atoms with Gasteiger partial charge in [-0.3, -0.25) is 9.69 Å². The van der Waals surface area contributed by atoms with Crippen molar-refractivity contribution in [2.45, 2.75) is 24.3 Å². The third kappa shape index (κ3) is 3.74. The topological polar surface area (TPSA) is 62.7 Å². The normalized spacial score (nSPS) is 17.7. The van der Waals surface area contributed by atoms with E-state index in [4.69, 9.17) is 8.94 Å². The molecule has 6 nitrogen and oxygen atoms in total. The summed E-state index contributed by atoms with van der Waals surface area (Å²) in [6, 6.07) is 26.9. The van der Waals surface area contributed by atoms with Crippen LogP contribution in [0.15, 0.2) is 94.1 Å². The SMILES string of the molecule is O=C(N1CCN(C(c2ccccc2)c2ccccc2)CC1)C1(c2cc(-c3ccco3)on2)CC1. The number of hydrogen-bond acceptors (Lipinski definition) is 5. The maximum atomic E-state index is 13.6. The van der Waals surface area contributed by atoms with Crippen LogP contribution in [-0.2, 0) is 10.2 Å². The largest absolute Gasteiger partial charge is 0.461 e. The summed E-state index contributed by atoms with van der Waals surface area (Å²) < 4.78 is 10.9. The zero-order chi connectivity index (χ0) is 23.0. The summed E-state index contributed by atoms with van der Waals surface area (Å²) in [5, 5.41) is 4.25. The molecule has 1 amide bonds. The van der Waals surface area contributed by atoms with E-state index in [9.17, 15) is 4.79 Å². The number of aromatic nitrogens is 1. The first-order chi connectivity index (χ1) is 16.7. The van der Waals surface area contributed by atoms with Crippen molar-refractivity contribution in [3.63, 3.8) is 0 Å². The van der Waals surface area contributed by atoms with Crippen LogP contribution in [0.3, 0.4) is 0 Å². The maximum absolute atomic E-state index is 13.6. The third-order valence-corrected chi connectivity index (χ3v) is 7.12. The predicted octanol–water partition coefficient (Wildman–Crippen LogP) is 4.90. The molecule has 1 saturated heterocycles. The Morgan fingerprint density at radius 2 is 1.47 bits per heavy atom. The molecular formula is C28H27N3O3. The molecule has 1 aliphatic heterocycles. The number of amides is 1. The maximum Gasteiger partial charge on any atom is 0.235 e. The molecule has 1 aliphatic carbocycles. The standard InChI is InChI=1S/C28H27N3O3/c32-27(28(13-14-28)25-20-24(34-29-25)23-12-7-19-33-23)31-17-15-30(16-18-31)26(21-8-3-1-4-9-21)22-10-5-2-6-11-22/h1-12,19-20,26H,13-18H2. The number of benzene rings is 2. The van der Waals surface area contributed by atoms with Gasteiger partial charge < -0.3 is 13.8 Å². The Morgan fingerprint density at radius 1 is 0.824 bits per heavy atom. The average Bonchev–Trinajstić information content (AvgIpc) is 3.28. The zero-order valence-corrected chi connectivity index (χ0v) is 19.0. The number of carbonyl (C=O) groups is 1. The van der Waals surface area contributed by atoms with Gasteiger partial charge in [-0.2, -0.15) is 0 Å². The van der Waals surface area contributed by atoms with E-state index in [2.05, 4.69) is 70.7 Å². The minimum Gasteiger partial charge on any atom is -0.461 e. The van der Waals surface area contributed by atoms with Crippen LogP contribution in [0.25, 0.3) is 11.5 Å². The molecule has 6 heteroatoms. The quantitative estimate of drug-likeness (QED) is 0.416. The van der Waals surface area contributed by atoms with Crippen molar-refractivity contribution in [2.75, 3.05) is 26.2 Å². The molecule has 4 aromatic rings. The van der Waals surface area contributed by atoms with Crippen molar-refractivity contribution in [1.82, 2.24) is 15.0 Å². The molecular weight excluding hydrogens is 426 g/mol. The lowest BCUT2D eigenvalue weighted by atomic mass is 9.96. The van der Waals surface area contributed by atoms with E-state index in [1.807, 2.05) is 23.1 Å². The van der Waals surface area contributed by atoms with Crippen LogP contribution in [0.1, 0.15) is 35.7 Å². The highest BCUT2D eigenvalue weighted by molar-refractivity contribution is 5.91. The molecule has 34 heavy (non-hydrogen) atoms. The van der Waals surface area contributed by atoms with Gasteiger partial charge in [0.25, 0.3) is 0 Å². The lowest BCUT2D eigenvalue weighted by Gasteiger charge is -2.40. The van der Waals surface area contributed by atoms with Crippen LogP contribution in [0.4, 0.5) is 0 Å². The number of hydrogen-bond donors (Lipinski definition) is 0. The molecule has 6 rings (SSSR count). The highest BCUT2D eigenvalue weighted by atomic mass is 16.5. The number of nitrogens with zero attached hydrogens (tertiary/aromatic N) is 3. The molecule has 0 spiro atoms. The number of carbonyl (C=O) groups excluding carboxylic acids is 1. The minimum atomic E-state index is -0.547. The number of piperazine rings is 1. The molecule has 172 valence electrons. The van der Waals surface area contributed by atoms with Crippen LogP contribution in [-0.4, -0.2) is 47.0 Å². The highest BCUT2D eigenvalue weighted by Gasteiger charge is 2.55. The van der Waals surface area contributed by atoms with E-state index < -0.39 is 5.41 Å². The monoisotopic (exact) mass is 453 g/mol. The summed E-state index contributed by atoms with van der Waals surface area (Å²) in [7, 11) is 0. The summed E-state index contributed by atoms with van der Waals surface area (Å²) in [4.78, 5) is 18.1. The fourth-order valence-corrected chi connectivity index (χ4v) is 5.11. The first kappa shape index (κ1) is 20.9. The molecule has 0 atom stereocenters. The van der Waals surface area contributed by atoms with Gasteiger partial charge in [-0.1, -0.05) is 65.8 Å². The third-order valence-electron chi connectivity index (χ3n) is 7.12. The van der Waals surface area contributed by atoms with Crippen molar-refractivity contribution in [1.29, 1.82) is 0 Å². The molecule has 1 saturated carbocycles. The fourth-order valence-electron chi connectivity index (χ4n) is 5.11. The zero-order valence-electron chi connectivity index (χ0n) is 19.0. The first-order valence-corrected chi connectivity index (χ1v) is 11.9. The molecule has 2 aromatic heterocycles. The average molecular weight is 454 g/mol. The van der Waals surface area contributed by atoms with Gasteiger partial charge in [-0.05, 0) is 36.1 Å². The van der Waals surface area contributed by atoms with E-state index in [0.29, 0.717) is 24.6 Å². The Balaban J connectivity index is 1.18. The number of rotatable bonds is 6. The van der Waals surface area contributed by atoms with Gasteiger partial charge in [0.05, 0.1) is 23.4 Å². The summed E-state index contributed by atoms with van der Waals surface area (Å²) in [6.07, 6.45) is 3.23. The number of furan rings is 1. The van der Waals surface area contributed by atoms with E-state index in [0.717, 1.165) is 31.6 Å². The van der Waals surface area contributed by atoms with Gasteiger partial charge >= 0.3 is 0 Å². The lowest BCUT2D eigenvalue weighted by molar-refractivity contribution is -0.136. The summed E-state index contributed by atoms with van der Waals surface area (Å²) in [6.45, 7) is 3.07. The van der Waals surface area contributed by atoms with Crippen molar-refractivity contribution in [2.24, 2.45) is 0 Å². The fraction of sp³-hybridized carbons (Fsp3) is 0.286. The Kier molecular flexibility index (Phi) is 5.30. The van der Waals surface area contributed by atoms with Crippen LogP contribution in [0.5, 0.6) is 0 Å². The lowest BCUT2D eigenvalue weighted by Crippen LogP contribution is -2.52. The minimum absolute atomic E-state index is 0.169. The molecule has 0 radical (unpaired) electrons. The van der Waals surface area contributed by atoms with E-state index in [1.165, 1.54) is 11.1 Å². The Hall–Kier alpha value is -3.64. The van der Waals surface area contributed by atoms with Gasteiger partial charge in [-0.25, -0.2) is 0 Å². The molecule has 0 bridgehead atoms. The van der Waals surface area contributed by atoms with Gasteiger partial charge in [0.2, 0.25) is 11.7 Å². The van der Waals surface area contributed by atoms with Crippen LogP contribution >= 0.6 is 0 Å². The van der Waals surface area contributed by atoms with Crippen molar-refractivity contribution in [3.05, 3.63) is 102 Å².